The number of hydrogen-bond donors (Lipinski definition) is 0. The van der Waals surface area contributed by atoms with Crippen molar-refractivity contribution in [3.63, 3.8) is 0 Å². The van der Waals surface area contributed by atoms with E-state index in [4.69, 9.17) is 0 Å². The Morgan fingerprint density at radius 3 is 2.27 bits per heavy atom. The number of nitrogens with zero attached hydrogens (tertiary/aromatic N) is 2. The minimum absolute atomic E-state index is 0.898. The van der Waals surface area contributed by atoms with Crippen molar-refractivity contribution in [1.29, 1.82) is 0 Å². The van der Waals surface area contributed by atoms with E-state index in [2.05, 4.69) is 102 Å². The first-order valence-electron chi connectivity index (χ1n) is 7.64. The van der Waals surface area contributed by atoms with Crippen LogP contribution in [0.3, 0.4) is 0 Å². The molecule has 0 amide bonds. The maximum absolute atomic E-state index is 3.67. The third-order valence-corrected chi connectivity index (χ3v) is 5.98. The summed E-state index contributed by atoms with van der Waals surface area (Å²) >= 11 is 5.82. The molecule has 0 aliphatic carbocycles. The molecule has 22 heavy (non-hydrogen) atoms. The average Bonchev–Trinajstić information content (AvgIpc) is 2.80. The monoisotopic (exact) mass is 472 g/mol. The molecule has 1 heterocycles. The molecule has 2 nitrogen and oxygen atoms in total. The van der Waals surface area contributed by atoms with E-state index in [0.717, 1.165) is 13.1 Å². The molecule has 0 spiro atoms. The molecule has 114 valence electrons. The number of aryl methyl sites for hydroxylation is 1. The zero-order chi connectivity index (χ0) is 15.5. The molecule has 0 atom stereocenters. The Hall–Kier alpha value is -0.820. The van der Waals surface area contributed by atoms with Gasteiger partial charge in [-0.15, -0.1) is 0 Å². The van der Waals surface area contributed by atoms with E-state index in [1.54, 1.807) is 0 Å². The van der Waals surface area contributed by atoms with E-state index in [0.29, 0.717) is 0 Å². The molecule has 1 aromatic heterocycles. The Labute approximate surface area is 152 Å². The number of halogens is 1. The predicted molar refractivity (Wildman–Crippen MR) is 97.1 cm³/mol. The van der Waals surface area contributed by atoms with Gasteiger partial charge in [-0.25, -0.2) is 0 Å². The molecular weight excluding hydrogens is 452 g/mol. The first-order valence-corrected chi connectivity index (χ1v) is 9.59. The van der Waals surface area contributed by atoms with Gasteiger partial charge in [0.2, 0.25) is 0 Å². The topological polar surface area (TPSA) is 9.86 Å². The average molecular weight is 471 g/mol. The molecule has 0 aliphatic heterocycles. The molecule has 0 saturated carbocycles. The summed E-state index contributed by atoms with van der Waals surface area (Å²) in [5.41, 5.74) is 3.97. The van der Waals surface area contributed by atoms with Crippen molar-refractivity contribution in [2.45, 2.75) is 32.9 Å². The van der Waals surface area contributed by atoms with Gasteiger partial charge in [0, 0.05) is 0 Å². The van der Waals surface area contributed by atoms with E-state index < -0.39 is 0 Å². The predicted octanol–water partition coefficient (Wildman–Crippen LogP) is 4.75. The van der Waals surface area contributed by atoms with Gasteiger partial charge in [0.15, 0.2) is 0 Å². The molecule has 4 heteroatoms. The number of aromatic nitrogens is 2. The van der Waals surface area contributed by atoms with Gasteiger partial charge in [-0.3, -0.25) is 0 Å². The summed E-state index contributed by atoms with van der Waals surface area (Å²) < 4.78 is 7.39. The normalized spacial score (nSPS) is 11.2. The zero-order valence-corrected chi connectivity index (χ0v) is 16.5. The van der Waals surface area contributed by atoms with Gasteiger partial charge in [-0.05, 0) is 0 Å². The van der Waals surface area contributed by atoms with Crippen LogP contribution in [0.25, 0.3) is 11.0 Å². The Bertz CT molecular complexity index is 848. The Balaban J connectivity index is 2.11. The molecular formula is C18H19BrN2Te. The molecule has 0 bridgehead atoms. The molecule has 3 aromatic rings. The first kappa shape index (κ1) is 16.1. The van der Waals surface area contributed by atoms with Gasteiger partial charge in [0.05, 0.1) is 0 Å². The number of rotatable bonds is 5. The van der Waals surface area contributed by atoms with Gasteiger partial charge < -0.3 is 0 Å². The van der Waals surface area contributed by atoms with Gasteiger partial charge in [0.25, 0.3) is 0 Å². The zero-order valence-electron chi connectivity index (χ0n) is 12.6. The fourth-order valence-electron chi connectivity index (χ4n) is 2.75. The number of unbranched alkanes of at least 4 members (excludes halogenated alkanes) is 1. The standard InChI is InChI=1S/C18H19BrN2Te/c1-2-3-12-20-16-10-6-7-11-17(16)21(18(20)22)13-14-8-4-5-9-15(14)19/h4-11H,2-3,12-13H2,1H3. The first-order chi connectivity index (χ1) is 10.7. The van der Waals surface area contributed by atoms with E-state index in [1.807, 2.05) is 0 Å². The fourth-order valence-corrected chi connectivity index (χ4v) is 4.17. The van der Waals surface area contributed by atoms with Crippen LogP contribution in [0.15, 0.2) is 53.0 Å². The Morgan fingerprint density at radius 1 is 0.955 bits per heavy atom. The summed E-state index contributed by atoms with van der Waals surface area (Å²) in [4.78, 5) is 0. The minimum atomic E-state index is 0.898. The third-order valence-electron chi connectivity index (χ3n) is 3.95. The fraction of sp³-hybridized carbons (Fsp3) is 0.278. The number of para-hydroxylation sites is 2. The second-order valence-electron chi connectivity index (χ2n) is 5.45. The second kappa shape index (κ2) is 7.17. The van der Waals surface area contributed by atoms with Gasteiger partial charge in [-0.1, -0.05) is 0 Å². The second-order valence-corrected chi connectivity index (χ2v) is 7.35. The summed E-state index contributed by atoms with van der Waals surface area (Å²) in [5, 5.41) is 0. The van der Waals surface area contributed by atoms with Gasteiger partial charge >= 0.3 is 153 Å². The molecule has 2 aromatic carbocycles. The van der Waals surface area contributed by atoms with Crippen molar-refractivity contribution in [3.05, 3.63) is 62.0 Å². The van der Waals surface area contributed by atoms with Crippen molar-refractivity contribution >= 4 is 48.8 Å². The Kier molecular flexibility index (Phi) is 5.23. The summed E-state index contributed by atoms with van der Waals surface area (Å²) in [7, 11) is 0. The SMILES string of the molecule is CCCCn1c(=[Te])n(Cc2ccccc2Br)c2ccccc21. The molecule has 0 N–H and O–H groups in total. The van der Waals surface area contributed by atoms with Crippen LogP contribution in [0, 0.1) is 3.46 Å². The van der Waals surface area contributed by atoms with Crippen LogP contribution < -0.4 is 0 Å². The van der Waals surface area contributed by atoms with Gasteiger partial charge in [0.1, 0.15) is 0 Å². The summed E-state index contributed by atoms with van der Waals surface area (Å²) in [6.45, 7) is 4.24. The molecule has 0 saturated heterocycles. The summed E-state index contributed by atoms with van der Waals surface area (Å²) in [6.07, 6.45) is 2.44. The molecule has 0 aliphatic rings. The van der Waals surface area contributed by atoms with Crippen LogP contribution >= 0.6 is 15.9 Å². The summed E-state index contributed by atoms with van der Waals surface area (Å²) in [6, 6.07) is 17.2. The van der Waals surface area contributed by atoms with E-state index in [9.17, 15) is 0 Å². The Morgan fingerprint density at radius 2 is 1.59 bits per heavy atom. The van der Waals surface area contributed by atoms with Crippen molar-refractivity contribution in [2.24, 2.45) is 0 Å². The van der Waals surface area contributed by atoms with Crippen LogP contribution in [0.4, 0.5) is 0 Å². The summed E-state index contributed by atoms with van der Waals surface area (Å²) in [5.74, 6) is 0. The van der Waals surface area contributed by atoms with Crippen molar-refractivity contribution in [3.8, 4) is 0 Å². The number of imidazole rings is 1. The number of fused-ring (bicyclic) bond motifs is 1. The number of hydrogen-bond acceptors (Lipinski definition) is 0. The molecule has 0 unspecified atom stereocenters. The van der Waals surface area contributed by atoms with Crippen LogP contribution in [0.2, 0.25) is 0 Å². The van der Waals surface area contributed by atoms with Crippen molar-refractivity contribution in [2.75, 3.05) is 0 Å². The third kappa shape index (κ3) is 3.11. The van der Waals surface area contributed by atoms with E-state index in [-0.39, 0.29) is 0 Å². The maximum atomic E-state index is 3.67. The quantitative estimate of drug-likeness (QED) is 0.476. The number of benzene rings is 2. The van der Waals surface area contributed by atoms with Crippen molar-refractivity contribution in [1.82, 2.24) is 9.13 Å². The van der Waals surface area contributed by atoms with Crippen LogP contribution in [-0.2, 0) is 13.1 Å². The van der Waals surface area contributed by atoms with E-state index >= 15 is 0 Å². The molecule has 0 radical (unpaired) electrons. The van der Waals surface area contributed by atoms with Gasteiger partial charge in [-0.2, -0.15) is 0 Å². The van der Waals surface area contributed by atoms with Crippen LogP contribution in [0.5, 0.6) is 0 Å². The van der Waals surface area contributed by atoms with Crippen LogP contribution in [-0.4, -0.2) is 31.0 Å². The van der Waals surface area contributed by atoms with E-state index in [1.165, 1.54) is 37.4 Å². The molecule has 3 rings (SSSR count). The van der Waals surface area contributed by atoms with Crippen molar-refractivity contribution < 1.29 is 0 Å². The van der Waals surface area contributed by atoms with Crippen LogP contribution in [0.1, 0.15) is 25.3 Å². The molecule has 0 fully saturated rings.